The molecule has 1 heterocycles. The Morgan fingerprint density at radius 1 is 1.23 bits per heavy atom. The van der Waals surface area contributed by atoms with E-state index in [1.165, 1.54) is 11.8 Å². The van der Waals surface area contributed by atoms with Crippen molar-refractivity contribution in [3.8, 4) is 5.75 Å². The lowest BCUT2D eigenvalue weighted by molar-refractivity contribution is -0.123. The van der Waals surface area contributed by atoms with E-state index in [0.717, 1.165) is 5.56 Å². The lowest BCUT2D eigenvalue weighted by Crippen LogP contribution is -2.34. The molecule has 0 spiro atoms. The van der Waals surface area contributed by atoms with Gasteiger partial charge >= 0.3 is 0 Å². The number of anilines is 1. The van der Waals surface area contributed by atoms with Crippen LogP contribution in [0, 0.1) is 0 Å². The molecule has 0 aromatic heterocycles. The number of halogens is 2. The number of benzene rings is 2. The smallest absolute Gasteiger partial charge is 0.266 e. The molecular weight excluding hydrogens is 463 g/mol. The van der Waals surface area contributed by atoms with Crippen LogP contribution in [0.2, 0.25) is 10.0 Å². The first-order valence-electron chi connectivity index (χ1n) is 8.99. The normalized spacial score (nSPS) is 15.2. The average molecular weight is 481 g/mol. The lowest BCUT2D eigenvalue weighted by atomic mass is 10.2. The van der Waals surface area contributed by atoms with Crippen molar-refractivity contribution in [3.05, 3.63) is 63.0 Å². The third kappa shape index (κ3) is 5.55. The van der Waals surface area contributed by atoms with Gasteiger partial charge in [0.1, 0.15) is 10.1 Å². The van der Waals surface area contributed by atoms with E-state index in [1.807, 2.05) is 19.9 Å². The van der Waals surface area contributed by atoms with Crippen molar-refractivity contribution in [2.24, 2.45) is 0 Å². The molecule has 0 aliphatic carbocycles. The van der Waals surface area contributed by atoms with Crippen LogP contribution in [0.3, 0.4) is 0 Å². The summed E-state index contributed by atoms with van der Waals surface area (Å²) in [6.45, 7) is 3.66. The molecule has 0 radical (unpaired) electrons. The Balaban J connectivity index is 1.63. The highest BCUT2D eigenvalue weighted by Gasteiger charge is 2.33. The number of amides is 2. The van der Waals surface area contributed by atoms with Crippen LogP contribution < -0.4 is 10.1 Å². The Labute approximate surface area is 194 Å². The van der Waals surface area contributed by atoms with E-state index >= 15 is 0 Å². The molecule has 0 atom stereocenters. The summed E-state index contributed by atoms with van der Waals surface area (Å²) in [5, 5.41) is 3.46. The predicted molar refractivity (Wildman–Crippen MR) is 127 cm³/mol. The van der Waals surface area contributed by atoms with Crippen LogP contribution in [0.15, 0.2) is 47.4 Å². The Morgan fingerprint density at radius 3 is 2.67 bits per heavy atom. The summed E-state index contributed by atoms with van der Waals surface area (Å²) >= 11 is 18.4. The van der Waals surface area contributed by atoms with E-state index in [4.69, 9.17) is 40.2 Å². The van der Waals surface area contributed by atoms with E-state index in [0.29, 0.717) is 30.7 Å². The van der Waals surface area contributed by atoms with Crippen LogP contribution in [0.25, 0.3) is 6.08 Å². The van der Waals surface area contributed by atoms with Crippen molar-refractivity contribution in [1.82, 2.24) is 4.90 Å². The van der Waals surface area contributed by atoms with Crippen LogP contribution in [0.1, 0.15) is 19.4 Å². The first-order chi connectivity index (χ1) is 14.2. The van der Waals surface area contributed by atoms with Crippen molar-refractivity contribution in [2.45, 2.75) is 19.9 Å². The number of thiocarbonyl (C=S) groups is 1. The average Bonchev–Trinajstić information content (AvgIpc) is 2.96. The maximum Gasteiger partial charge on any atom is 0.266 e. The summed E-state index contributed by atoms with van der Waals surface area (Å²) in [6.07, 6.45) is 1.77. The summed E-state index contributed by atoms with van der Waals surface area (Å²) in [5.74, 6) is 0.0660. The Hall–Kier alpha value is -2.06. The lowest BCUT2D eigenvalue weighted by Gasteiger charge is -2.18. The van der Waals surface area contributed by atoms with Gasteiger partial charge in [-0.3, -0.25) is 14.5 Å². The molecule has 0 bridgehead atoms. The van der Waals surface area contributed by atoms with E-state index in [9.17, 15) is 9.59 Å². The minimum atomic E-state index is -0.336. The van der Waals surface area contributed by atoms with E-state index in [1.54, 1.807) is 47.4 Å². The number of carbonyl (C=O) groups excluding carboxylic acids is 2. The van der Waals surface area contributed by atoms with Gasteiger partial charge in [-0.25, -0.2) is 0 Å². The molecule has 1 aliphatic rings. The summed E-state index contributed by atoms with van der Waals surface area (Å²) in [5.41, 5.74) is 1.31. The van der Waals surface area contributed by atoms with Gasteiger partial charge in [0.05, 0.1) is 15.0 Å². The van der Waals surface area contributed by atoms with Gasteiger partial charge in [-0.2, -0.15) is 0 Å². The zero-order valence-corrected chi connectivity index (χ0v) is 19.3. The largest absolute Gasteiger partial charge is 0.484 e. The van der Waals surface area contributed by atoms with Crippen molar-refractivity contribution in [2.75, 3.05) is 11.9 Å². The third-order valence-corrected chi connectivity index (χ3v) is 6.14. The molecule has 2 aromatic carbocycles. The fraction of sp³-hybridized carbons (Fsp3) is 0.190. The van der Waals surface area contributed by atoms with Gasteiger partial charge in [-0.1, -0.05) is 59.3 Å². The molecule has 1 N–H and O–H groups in total. The number of ether oxygens (including phenoxy) is 1. The highest BCUT2D eigenvalue weighted by molar-refractivity contribution is 8.26. The van der Waals surface area contributed by atoms with Crippen LogP contribution in [0.4, 0.5) is 5.69 Å². The molecule has 1 aliphatic heterocycles. The number of rotatable bonds is 6. The van der Waals surface area contributed by atoms with Gasteiger partial charge in [0.15, 0.2) is 6.61 Å². The molecule has 156 valence electrons. The van der Waals surface area contributed by atoms with E-state index in [2.05, 4.69) is 5.32 Å². The number of hydrogen-bond donors (Lipinski definition) is 1. The number of thioether (sulfide) groups is 1. The zero-order chi connectivity index (χ0) is 21.8. The molecule has 1 saturated heterocycles. The molecule has 3 rings (SSSR count). The Morgan fingerprint density at radius 2 is 2.00 bits per heavy atom. The molecule has 0 saturated carbocycles. The van der Waals surface area contributed by atoms with Gasteiger partial charge in [0.2, 0.25) is 0 Å². The summed E-state index contributed by atoms with van der Waals surface area (Å²) in [6, 6.07) is 12.0. The molecule has 1 fully saturated rings. The predicted octanol–water partition coefficient (Wildman–Crippen LogP) is 5.62. The third-order valence-electron chi connectivity index (χ3n) is 4.07. The molecule has 2 aromatic rings. The fourth-order valence-corrected chi connectivity index (χ4v) is 4.51. The molecule has 9 heteroatoms. The number of hydrogen-bond acceptors (Lipinski definition) is 5. The molecule has 0 unspecified atom stereocenters. The standard InChI is InChI=1S/C21H18Cl2N2O3S2/c1-12(2)25-20(27)18(30-21(25)29)9-13-4-3-5-15(8-13)28-11-19(26)24-14-6-7-16(22)17(23)10-14/h3-10,12H,11H2,1-2H3,(H,24,26)/b18-9-. The first kappa shape index (κ1) is 22.6. The SMILES string of the molecule is CC(C)N1C(=O)/C(=C/c2cccc(OCC(=O)Nc3ccc(Cl)c(Cl)c3)c2)SC1=S. The van der Waals surface area contributed by atoms with Gasteiger partial charge in [0, 0.05) is 11.7 Å². The van der Waals surface area contributed by atoms with Crippen LogP contribution in [0.5, 0.6) is 5.75 Å². The van der Waals surface area contributed by atoms with Gasteiger partial charge < -0.3 is 10.1 Å². The monoisotopic (exact) mass is 480 g/mol. The summed E-state index contributed by atoms with van der Waals surface area (Å²) in [7, 11) is 0. The van der Waals surface area contributed by atoms with Gasteiger partial charge in [-0.15, -0.1) is 0 Å². The zero-order valence-electron chi connectivity index (χ0n) is 16.1. The van der Waals surface area contributed by atoms with Crippen molar-refractivity contribution < 1.29 is 14.3 Å². The highest BCUT2D eigenvalue weighted by atomic mass is 35.5. The summed E-state index contributed by atoms with van der Waals surface area (Å²) < 4.78 is 6.13. The number of nitrogens with one attached hydrogen (secondary N) is 1. The molecule has 5 nitrogen and oxygen atoms in total. The number of carbonyl (C=O) groups is 2. The van der Waals surface area contributed by atoms with E-state index < -0.39 is 0 Å². The maximum atomic E-state index is 12.5. The topological polar surface area (TPSA) is 58.6 Å². The minimum Gasteiger partial charge on any atom is -0.484 e. The highest BCUT2D eigenvalue weighted by Crippen LogP contribution is 2.34. The van der Waals surface area contributed by atoms with Crippen molar-refractivity contribution in [3.63, 3.8) is 0 Å². The van der Waals surface area contributed by atoms with Gasteiger partial charge in [-0.05, 0) is 55.8 Å². The minimum absolute atomic E-state index is 0.00658. The molecule has 2 amide bonds. The van der Waals surface area contributed by atoms with Crippen LogP contribution in [-0.4, -0.2) is 33.7 Å². The Bertz CT molecular complexity index is 1040. The van der Waals surface area contributed by atoms with E-state index in [-0.39, 0.29) is 24.5 Å². The van der Waals surface area contributed by atoms with Crippen LogP contribution >= 0.6 is 47.2 Å². The second-order valence-corrected chi connectivity index (χ2v) is 9.17. The van der Waals surface area contributed by atoms with Gasteiger partial charge in [0.25, 0.3) is 11.8 Å². The van der Waals surface area contributed by atoms with Crippen molar-refractivity contribution >= 4 is 75.1 Å². The first-order valence-corrected chi connectivity index (χ1v) is 11.0. The second-order valence-electron chi connectivity index (χ2n) is 6.68. The maximum absolute atomic E-state index is 12.5. The fourth-order valence-electron chi connectivity index (χ4n) is 2.69. The molecular formula is C21H18Cl2N2O3S2. The Kier molecular flexibility index (Phi) is 7.41. The van der Waals surface area contributed by atoms with Crippen LogP contribution in [-0.2, 0) is 9.59 Å². The second kappa shape index (κ2) is 9.83. The summed E-state index contributed by atoms with van der Waals surface area (Å²) in [4.78, 5) is 26.8. The molecule has 30 heavy (non-hydrogen) atoms. The number of nitrogens with zero attached hydrogens (tertiary/aromatic N) is 1. The quantitative estimate of drug-likeness (QED) is 0.429. The van der Waals surface area contributed by atoms with Crippen molar-refractivity contribution in [1.29, 1.82) is 0 Å².